The SMILES string of the molecule is COCOc1cc(F)cc(F)c1-c1ccc(C(=O)O)c(CO)c1. The predicted molar refractivity (Wildman–Crippen MR) is 77.2 cm³/mol. The Hall–Kier alpha value is -2.51. The lowest BCUT2D eigenvalue weighted by Gasteiger charge is -2.14. The first-order valence-corrected chi connectivity index (χ1v) is 6.56. The summed E-state index contributed by atoms with van der Waals surface area (Å²) in [5, 5.41) is 18.3. The van der Waals surface area contributed by atoms with Gasteiger partial charge in [0.15, 0.2) is 6.79 Å². The quantitative estimate of drug-likeness (QED) is 0.799. The highest BCUT2D eigenvalue weighted by atomic mass is 19.1. The Morgan fingerprint density at radius 1 is 1.22 bits per heavy atom. The van der Waals surface area contributed by atoms with Gasteiger partial charge in [-0.15, -0.1) is 0 Å². The van der Waals surface area contributed by atoms with Crippen molar-refractivity contribution in [1.29, 1.82) is 0 Å². The van der Waals surface area contributed by atoms with E-state index in [0.717, 1.165) is 6.07 Å². The second-order valence-corrected chi connectivity index (χ2v) is 4.65. The number of carboxylic acids is 1. The van der Waals surface area contributed by atoms with Gasteiger partial charge in [0, 0.05) is 19.2 Å². The summed E-state index contributed by atoms with van der Waals surface area (Å²) in [7, 11) is 1.36. The molecule has 0 saturated heterocycles. The number of benzene rings is 2. The first-order chi connectivity index (χ1) is 11.0. The molecule has 2 aromatic rings. The van der Waals surface area contributed by atoms with Gasteiger partial charge in [0.1, 0.15) is 17.4 Å². The molecule has 2 rings (SSSR count). The lowest BCUT2D eigenvalue weighted by Crippen LogP contribution is -2.05. The Balaban J connectivity index is 2.59. The maximum absolute atomic E-state index is 14.2. The Labute approximate surface area is 130 Å². The van der Waals surface area contributed by atoms with E-state index in [9.17, 15) is 18.7 Å². The van der Waals surface area contributed by atoms with Crippen LogP contribution < -0.4 is 4.74 Å². The summed E-state index contributed by atoms with van der Waals surface area (Å²) in [5.41, 5.74) is 0.215. The molecule has 7 heteroatoms. The van der Waals surface area contributed by atoms with Gasteiger partial charge < -0.3 is 19.7 Å². The van der Waals surface area contributed by atoms with Crippen molar-refractivity contribution in [3.05, 3.63) is 53.1 Å². The van der Waals surface area contributed by atoms with Crippen LogP contribution >= 0.6 is 0 Å². The monoisotopic (exact) mass is 324 g/mol. The molecular weight excluding hydrogens is 310 g/mol. The van der Waals surface area contributed by atoms with E-state index in [1.165, 1.54) is 25.3 Å². The molecule has 2 aromatic carbocycles. The fraction of sp³-hybridized carbons (Fsp3) is 0.188. The molecule has 23 heavy (non-hydrogen) atoms. The van der Waals surface area contributed by atoms with Crippen LogP contribution in [0.5, 0.6) is 5.75 Å². The van der Waals surface area contributed by atoms with Crippen molar-refractivity contribution in [2.75, 3.05) is 13.9 Å². The Morgan fingerprint density at radius 2 is 1.96 bits per heavy atom. The summed E-state index contributed by atoms with van der Waals surface area (Å²) < 4.78 is 37.5. The average Bonchev–Trinajstić information content (AvgIpc) is 2.51. The van der Waals surface area contributed by atoms with E-state index in [4.69, 9.17) is 14.6 Å². The highest BCUT2D eigenvalue weighted by Crippen LogP contribution is 2.35. The van der Waals surface area contributed by atoms with E-state index < -0.39 is 24.2 Å². The molecule has 0 aromatic heterocycles. The number of aromatic carboxylic acids is 1. The molecule has 122 valence electrons. The summed E-state index contributed by atoms with van der Waals surface area (Å²) in [4.78, 5) is 11.1. The minimum Gasteiger partial charge on any atom is -0.478 e. The Kier molecular flexibility index (Phi) is 5.25. The lowest BCUT2D eigenvalue weighted by atomic mass is 9.98. The second kappa shape index (κ2) is 7.17. The number of rotatable bonds is 6. The third-order valence-electron chi connectivity index (χ3n) is 3.15. The third-order valence-corrected chi connectivity index (χ3v) is 3.15. The van der Waals surface area contributed by atoms with E-state index in [1.807, 2.05) is 0 Å². The number of carbonyl (C=O) groups is 1. The number of hydrogen-bond donors (Lipinski definition) is 2. The molecule has 0 saturated carbocycles. The molecule has 0 heterocycles. The van der Waals surface area contributed by atoms with Crippen LogP contribution in [0.4, 0.5) is 8.78 Å². The van der Waals surface area contributed by atoms with Gasteiger partial charge in [0.05, 0.1) is 17.7 Å². The fourth-order valence-electron chi connectivity index (χ4n) is 2.16. The minimum atomic E-state index is -1.21. The summed E-state index contributed by atoms with van der Waals surface area (Å²) in [6.45, 7) is -0.748. The van der Waals surface area contributed by atoms with Crippen LogP contribution in [-0.4, -0.2) is 30.1 Å². The molecule has 0 aliphatic rings. The molecule has 0 radical (unpaired) electrons. The molecule has 0 amide bonds. The molecule has 2 N–H and O–H groups in total. The normalized spacial score (nSPS) is 10.6. The van der Waals surface area contributed by atoms with Crippen molar-refractivity contribution in [3.63, 3.8) is 0 Å². The standard InChI is InChI=1S/C16H14F2O5/c1-22-8-23-14-6-11(17)5-13(18)15(14)9-2-3-12(16(20)21)10(4-9)7-19/h2-6,19H,7-8H2,1H3,(H,20,21). The molecule has 0 unspecified atom stereocenters. The van der Waals surface area contributed by atoms with Gasteiger partial charge in [-0.3, -0.25) is 0 Å². The number of aliphatic hydroxyl groups excluding tert-OH is 1. The molecule has 0 fully saturated rings. The van der Waals surface area contributed by atoms with Gasteiger partial charge in [-0.25, -0.2) is 13.6 Å². The zero-order valence-electron chi connectivity index (χ0n) is 12.2. The number of aliphatic hydroxyl groups is 1. The smallest absolute Gasteiger partial charge is 0.336 e. The van der Waals surface area contributed by atoms with Crippen molar-refractivity contribution in [1.82, 2.24) is 0 Å². The van der Waals surface area contributed by atoms with Gasteiger partial charge in [0.25, 0.3) is 0 Å². The molecule has 0 bridgehead atoms. The zero-order chi connectivity index (χ0) is 17.0. The van der Waals surface area contributed by atoms with Gasteiger partial charge in [-0.2, -0.15) is 0 Å². The van der Waals surface area contributed by atoms with Crippen LogP contribution in [0.25, 0.3) is 11.1 Å². The molecule has 0 aliphatic carbocycles. The van der Waals surface area contributed by atoms with Crippen molar-refractivity contribution in [3.8, 4) is 16.9 Å². The van der Waals surface area contributed by atoms with Gasteiger partial charge in [-0.05, 0) is 23.3 Å². The first kappa shape index (κ1) is 16.9. The highest BCUT2D eigenvalue weighted by molar-refractivity contribution is 5.90. The van der Waals surface area contributed by atoms with Gasteiger partial charge in [0.2, 0.25) is 0 Å². The summed E-state index contributed by atoms with van der Waals surface area (Å²) in [5.74, 6) is -2.99. The van der Waals surface area contributed by atoms with Crippen LogP contribution in [0.3, 0.4) is 0 Å². The summed E-state index contributed by atoms with van der Waals surface area (Å²) in [6.07, 6.45) is 0. The number of carboxylic acid groups (broad SMARTS) is 1. The molecule has 0 spiro atoms. The molecule has 0 aliphatic heterocycles. The van der Waals surface area contributed by atoms with E-state index in [1.54, 1.807) is 0 Å². The number of halogens is 2. The average molecular weight is 324 g/mol. The molecule has 0 atom stereocenters. The van der Waals surface area contributed by atoms with Crippen LogP contribution in [0.15, 0.2) is 30.3 Å². The predicted octanol–water partition coefficient (Wildman–Crippen LogP) is 2.81. The third kappa shape index (κ3) is 3.64. The van der Waals surface area contributed by atoms with E-state index in [-0.39, 0.29) is 34.8 Å². The fourth-order valence-corrected chi connectivity index (χ4v) is 2.16. The van der Waals surface area contributed by atoms with Crippen LogP contribution in [0.2, 0.25) is 0 Å². The van der Waals surface area contributed by atoms with Crippen LogP contribution in [-0.2, 0) is 11.3 Å². The Morgan fingerprint density at radius 3 is 2.57 bits per heavy atom. The first-order valence-electron chi connectivity index (χ1n) is 6.56. The number of hydrogen-bond acceptors (Lipinski definition) is 4. The highest BCUT2D eigenvalue weighted by Gasteiger charge is 2.18. The van der Waals surface area contributed by atoms with E-state index >= 15 is 0 Å². The van der Waals surface area contributed by atoms with Crippen molar-refractivity contribution >= 4 is 5.97 Å². The zero-order valence-corrected chi connectivity index (χ0v) is 12.2. The van der Waals surface area contributed by atoms with Crippen LogP contribution in [0, 0.1) is 11.6 Å². The van der Waals surface area contributed by atoms with Gasteiger partial charge >= 0.3 is 5.97 Å². The topological polar surface area (TPSA) is 76.0 Å². The molecule has 5 nitrogen and oxygen atoms in total. The summed E-state index contributed by atoms with van der Waals surface area (Å²) >= 11 is 0. The van der Waals surface area contributed by atoms with Crippen molar-refractivity contribution in [2.45, 2.75) is 6.61 Å². The second-order valence-electron chi connectivity index (χ2n) is 4.65. The lowest BCUT2D eigenvalue weighted by molar-refractivity contribution is 0.0511. The number of ether oxygens (including phenoxy) is 2. The van der Waals surface area contributed by atoms with E-state index in [2.05, 4.69) is 0 Å². The number of methoxy groups -OCH3 is 1. The summed E-state index contributed by atoms with van der Waals surface area (Å²) in [6, 6.07) is 5.62. The van der Waals surface area contributed by atoms with Gasteiger partial charge in [-0.1, -0.05) is 6.07 Å². The largest absolute Gasteiger partial charge is 0.478 e. The Bertz CT molecular complexity index is 731. The van der Waals surface area contributed by atoms with Crippen molar-refractivity contribution < 1.29 is 33.3 Å². The minimum absolute atomic E-state index is 0.0462. The van der Waals surface area contributed by atoms with Crippen molar-refractivity contribution in [2.24, 2.45) is 0 Å². The maximum Gasteiger partial charge on any atom is 0.336 e. The maximum atomic E-state index is 14.2. The van der Waals surface area contributed by atoms with E-state index in [0.29, 0.717) is 6.07 Å². The molecular formula is C16H14F2O5. The van der Waals surface area contributed by atoms with Crippen LogP contribution in [0.1, 0.15) is 15.9 Å².